The normalized spacial score (nSPS) is 9.96. The van der Waals surface area contributed by atoms with E-state index in [1.54, 1.807) is 12.1 Å². The van der Waals surface area contributed by atoms with Crippen molar-refractivity contribution in [1.29, 1.82) is 0 Å². The summed E-state index contributed by atoms with van der Waals surface area (Å²) < 4.78 is 5.83. The molecule has 4 heteroatoms. The fraction of sp³-hybridized carbons (Fsp3) is 0. The van der Waals surface area contributed by atoms with E-state index in [0.717, 1.165) is 10.6 Å². The molecular formula is C19H16LiO2P. The van der Waals surface area contributed by atoms with Crippen molar-refractivity contribution in [3.63, 3.8) is 0 Å². The zero-order valence-corrected chi connectivity index (χ0v) is 13.8. The van der Waals surface area contributed by atoms with E-state index in [2.05, 4.69) is 0 Å². The van der Waals surface area contributed by atoms with Gasteiger partial charge in [0.05, 0.1) is 5.56 Å². The van der Waals surface area contributed by atoms with Crippen LogP contribution in [0, 0.1) is 0 Å². The van der Waals surface area contributed by atoms with Gasteiger partial charge in [-0.2, -0.15) is 0 Å². The van der Waals surface area contributed by atoms with Crippen LogP contribution in [0.25, 0.3) is 0 Å². The average molecular weight is 314 g/mol. The van der Waals surface area contributed by atoms with E-state index in [-0.39, 0.29) is 26.3 Å². The SMILES string of the molecule is O=C(OP(c1ccccc1)c1ccccc1)c1ccccc1.[H-].[Li+]. The molecule has 3 aromatic rings. The maximum atomic E-state index is 12.4. The average Bonchev–Trinajstić information content (AvgIpc) is 2.62. The molecule has 0 aliphatic heterocycles. The smallest absolute Gasteiger partial charge is 1.00 e. The first-order chi connectivity index (χ1) is 10.8. The molecule has 23 heavy (non-hydrogen) atoms. The van der Waals surface area contributed by atoms with Crippen LogP contribution in [0.1, 0.15) is 11.8 Å². The molecule has 0 radical (unpaired) electrons. The largest absolute Gasteiger partial charge is 1.00 e. The number of carbonyl (C=O) groups is 1. The molecule has 0 unspecified atom stereocenters. The molecule has 0 saturated carbocycles. The van der Waals surface area contributed by atoms with Crippen molar-refractivity contribution in [3.8, 4) is 0 Å². The minimum atomic E-state index is -1.16. The summed E-state index contributed by atoms with van der Waals surface area (Å²) in [6.45, 7) is 0. The van der Waals surface area contributed by atoms with Crippen molar-refractivity contribution in [2.75, 3.05) is 0 Å². The summed E-state index contributed by atoms with van der Waals surface area (Å²) in [5.74, 6) is -0.292. The Hall–Kier alpha value is -1.84. The van der Waals surface area contributed by atoms with Crippen molar-refractivity contribution in [2.24, 2.45) is 0 Å². The number of carbonyl (C=O) groups excluding carboxylic acids is 1. The molecular weight excluding hydrogens is 298 g/mol. The number of hydrogen-bond donors (Lipinski definition) is 0. The Morgan fingerprint density at radius 3 is 1.52 bits per heavy atom. The predicted molar refractivity (Wildman–Crippen MR) is 92.0 cm³/mol. The molecule has 3 aromatic carbocycles. The summed E-state index contributed by atoms with van der Waals surface area (Å²) >= 11 is 0. The molecule has 0 heterocycles. The molecule has 0 aliphatic carbocycles. The summed E-state index contributed by atoms with van der Waals surface area (Å²) in [6.07, 6.45) is 0. The Kier molecular flexibility index (Phi) is 6.62. The molecule has 0 atom stereocenters. The van der Waals surface area contributed by atoms with Crippen molar-refractivity contribution in [1.82, 2.24) is 0 Å². The van der Waals surface area contributed by atoms with E-state index >= 15 is 0 Å². The Labute approximate surface area is 151 Å². The predicted octanol–water partition coefficient (Wildman–Crippen LogP) is 1.01. The van der Waals surface area contributed by atoms with Crippen LogP contribution in [0.4, 0.5) is 0 Å². The fourth-order valence-corrected chi connectivity index (χ4v) is 3.76. The zero-order chi connectivity index (χ0) is 15.2. The first-order valence-electron chi connectivity index (χ1n) is 7.02. The molecule has 110 valence electrons. The fourth-order valence-electron chi connectivity index (χ4n) is 2.09. The van der Waals surface area contributed by atoms with Gasteiger partial charge in [-0.3, -0.25) is 0 Å². The van der Waals surface area contributed by atoms with Gasteiger partial charge in [0.2, 0.25) is 0 Å². The first kappa shape index (κ1) is 17.5. The van der Waals surface area contributed by atoms with Gasteiger partial charge in [-0.15, -0.1) is 0 Å². The van der Waals surface area contributed by atoms with E-state index in [0.29, 0.717) is 5.56 Å². The third-order valence-corrected chi connectivity index (χ3v) is 5.05. The Bertz CT molecular complexity index is 700. The second-order valence-corrected chi connectivity index (χ2v) is 6.51. The minimum Gasteiger partial charge on any atom is -1.00 e. The second-order valence-electron chi connectivity index (χ2n) is 4.71. The summed E-state index contributed by atoms with van der Waals surface area (Å²) in [5, 5.41) is 2.04. The number of benzene rings is 3. The Balaban J connectivity index is 0.00000144. The molecule has 0 N–H and O–H groups in total. The quantitative estimate of drug-likeness (QED) is 0.531. The van der Waals surface area contributed by atoms with E-state index in [9.17, 15) is 4.79 Å². The monoisotopic (exact) mass is 314 g/mol. The molecule has 0 fully saturated rings. The van der Waals surface area contributed by atoms with Crippen LogP contribution in [-0.4, -0.2) is 5.97 Å². The van der Waals surface area contributed by atoms with Gasteiger partial charge in [0.25, 0.3) is 0 Å². The minimum absolute atomic E-state index is 0. The van der Waals surface area contributed by atoms with Crippen LogP contribution in [0.5, 0.6) is 0 Å². The molecule has 0 aliphatic rings. The van der Waals surface area contributed by atoms with Gasteiger partial charge in [-0.25, -0.2) is 4.79 Å². The van der Waals surface area contributed by atoms with Gasteiger partial charge < -0.3 is 5.95 Å². The van der Waals surface area contributed by atoms with Crippen LogP contribution in [0.2, 0.25) is 0 Å². The topological polar surface area (TPSA) is 26.3 Å². The molecule has 0 bridgehead atoms. The molecule has 0 spiro atoms. The van der Waals surface area contributed by atoms with Gasteiger partial charge in [0.1, 0.15) is 0 Å². The molecule has 0 saturated heterocycles. The van der Waals surface area contributed by atoms with E-state index < -0.39 is 8.15 Å². The Morgan fingerprint density at radius 2 is 1.09 bits per heavy atom. The molecule has 2 nitrogen and oxygen atoms in total. The summed E-state index contributed by atoms with van der Waals surface area (Å²) in [4.78, 5) is 12.4. The standard InChI is InChI=1S/C19H15O2P.Li.H/c20-19(16-10-4-1-5-11-16)21-22(17-12-6-2-7-13-17)18-14-8-3-9-15-18;;/h1-15H;;/q;+1;-1. The first-order valence-corrected chi connectivity index (χ1v) is 8.28. The van der Waals surface area contributed by atoms with Crippen LogP contribution in [0.3, 0.4) is 0 Å². The summed E-state index contributed by atoms with van der Waals surface area (Å²) in [6, 6.07) is 28.9. The van der Waals surface area contributed by atoms with Gasteiger partial charge in [-0.05, 0) is 12.1 Å². The third-order valence-electron chi connectivity index (χ3n) is 3.17. The van der Waals surface area contributed by atoms with Gasteiger partial charge in [0, 0.05) is 10.6 Å². The van der Waals surface area contributed by atoms with Gasteiger partial charge >= 0.3 is 24.8 Å². The van der Waals surface area contributed by atoms with Gasteiger partial charge in [0.15, 0.2) is 8.15 Å². The maximum absolute atomic E-state index is 12.4. The van der Waals surface area contributed by atoms with Crippen molar-refractivity contribution in [2.45, 2.75) is 0 Å². The number of rotatable bonds is 4. The molecule has 0 amide bonds. The van der Waals surface area contributed by atoms with E-state index in [4.69, 9.17) is 4.52 Å². The van der Waals surface area contributed by atoms with Crippen molar-refractivity contribution in [3.05, 3.63) is 96.6 Å². The van der Waals surface area contributed by atoms with E-state index in [1.165, 1.54) is 0 Å². The van der Waals surface area contributed by atoms with Crippen molar-refractivity contribution >= 4 is 24.7 Å². The number of hydrogen-bond acceptors (Lipinski definition) is 2. The van der Waals surface area contributed by atoms with Crippen LogP contribution < -0.4 is 29.5 Å². The maximum Gasteiger partial charge on any atom is 1.00 e. The third kappa shape index (κ3) is 4.56. The molecule has 0 aromatic heterocycles. The van der Waals surface area contributed by atoms with Gasteiger partial charge in [-0.1, -0.05) is 78.9 Å². The van der Waals surface area contributed by atoms with E-state index in [1.807, 2.05) is 78.9 Å². The Morgan fingerprint density at radius 1 is 0.696 bits per heavy atom. The second kappa shape index (κ2) is 8.70. The van der Waals surface area contributed by atoms with Crippen LogP contribution in [-0.2, 0) is 4.52 Å². The van der Waals surface area contributed by atoms with Crippen molar-refractivity contribution < 1.29 is 29.6 Å². The van der Waals surface area contributed by atoms with Crippen LogP contribution in [0.15, 0.2) is 91.0 Å². The molecule has 3 rings (SSSR count). The van der Waals surface area contributed by atoms with Crippen LogP contribution >= 0.6 is 8.15 Å². The summed E-state index contributed by atoms with van der Waals surface area (Å²) in [7, 11) is -1.16. The zero-order valence-electron chi connectivity index (χ0n) is 13.9. The summed E-state index contributed by atoms with van der Waals surface area (Å²) in [5.41, 5.74) is 0.571.